The van der Waals surface area contributed by atoms with E-state index in [-0.39, 0.29) is 0 Å². The van der Waals surface area contributed by atoms with Crippen LogP contribution in [0.2, 0.25) is 0 Å². The molecule has 0 aromatic heterocycles. The smallest absolute Gasteiger partial charge is 0.378 e. The molecule has 0 spiro atoms. The van der Waals surface area contributed by atoms with Crippen molar-refractivity contribution < 1.29 is 28.5 Å². The van der Waals surface area contributed by atoms with Crippen molar-refractivity contribution in [3.8, 4) is 17.2 Å². The van der Waals surface area contributed by atoms with Gasteiger partial charge in [-0.15, -0.1) is 0 Å². The summed E-state index contributed by atoms with van der Waals surface area (Å²) in [6.07, 6.45) is 2.58. The van der Waals surface area contributed by atoms with Gasteiger partial charge in [-0.1, -0.05) is 6.08 Å². The monoisotopic (exact) mass is 280 g/mol. The summed E-state index contributed by atoms with van der Waals surface area (Å²) in [7, 11) is 5.62. The maximum absolute atomic E-state index is 11.3. The first-order valence-corrected chi connectivity index (χ1v) is 5.67. The van der Waals surface area contributed by atoms with Gasteiger partial charge in [0.25, 0.3) is 5.78 Å². The van der Waals surface area contributed by atoms with Crippen molar-refractivity contribution in [1.29, 1.82) is 0 Å². The van der Waals surface area contributed by atoms with Crippen molar-refractivity contribution in [2.45, 2.75) is 0 Å². The van der Waals surface area contributed by atoms with E-state index < -0.39 is 11.8 Å². The molecule has 1 aromatic rings. The van der Waals surface area contributed by atoms with Crippen LogP contribution in [-0.4, -0.2) is 40.2 Å². The van der Waals surface area contributed by atoms with Gasteiger partial charge in [-0.05, 0) is 23.8 Å². The molecule has 0 saturated heterocycles. The maximum Gasteiger partial charge on any atom is 0.378 e. The molecule has 0 amide bonds. The van der Waals surface area contributed by atoms with Crippen LogP contribution in [0.5, 0.6) is 17.2 Å². The number of methoxy groups -OCH3 is 4. The van der Waals surface area contributed by atoms with Crippen molar-refractivity contribution in [3.63, 3.8) is 0 Å². The zero-order valence-electron chi connectivity index (χ0n) is 11.8. The van der Waals surface area contributed by atoms with Crippen molar-refractivity contribution in [3.05, 3.63) is 23.8 Å². The molecule has 0 N–H and O–H groups in total. The standard InChI is InChI=1S/C14H16O6/c1-17-11-7-9(5-6-10(15)14(16)20-4)8-12(18-2)13(11)19-3/h5-8H,1-4H3. The van der Waals surface area contributed by atoms with E-state index in [9.17, 15) is 9.59 Å². The zero-order valence-corrected chi connectivity index (χ0v) is 11.8. The third kappa shape index (κ3) is 3.50. The summed E-state index contributed by atoms with van der Waals surface area (Å²) in [5.41, 5.74) is 0.622. The van der Waals surface area contributed by atoms with Gasteiger partial charge >= 0.3 is 5.97 Å². The number of hydrogen-bond acceptors (Lipinski definition) is 6. The largest absolute Gasteiger partial charge is 0.493 e. The molecule has 0 atom stereocenters. The molecular formula is C14H16O6. The fraction of sp³-hybridized carbons (Fsp3) is 0.286. The molecule has 1 rings (SSSR count). The molecular weight excluding hydrogens is 264 g/mol. The van der Waals surface area contributed by atoms with Gasteiger partial charge in [-0.25, -0.2) is 4.79 Å². The van der Waals surface area contributed by atoms with Gasteiger partial charge in [0, 0.05) is 0 Å². The summed E-state index contributed by atoms with van der Waals surface area (Å²) < 4.78 is 19.9. The van der Waals surface area contributed by atoms with E-state index >= 15 is 0 Å². The Kier molecular flexibility index (Phi) is 5.58. The molecule has 0 bridgehead atoms. The normalized spacial score (nSPS) is 10.2. The highest BCUT2D eigenvalue weighted by atomic mass is 16.5. The van der Waals surface area contributed by atoms with Crippen LogP contribution in [0.4, 0.5) is 0 Å². The second-order valence-corrected chi connectivity index (χ2v) is 3.65. The molecule has 0 aliphatic carbocycles. The number of benzene rings is 1. The fourth-order valence-corrected chi connectivity index (χ4v) is 1.54. The molecule has 0 unspecified atom stereocenters. The highest BCUT2D eigenvalue weighted by molar-refractivity contribution is 6.39. The second-order valence-electron chi connectivity index (χ2n) is 3.65. The third-order valence-corrected chi connectivity index (χ3v) is 2.50. The topological polar surface area (TPSA) is 71.1 Å². The lowest BCUT2D eigenvalue weighted by atomic mass is 10.1. The number of hydrogen-bond donors (Lipinski definition) is 0. The van der Waals surface area contributed by atoms with Gasteiger partial charge in [0.15, 0.2) is 11.5 Å². The third-order valence-electron chi connectivity index (χ3n) is 2.50. The number of ether oxygens (including phenoxy) is 4. The number of rotatable bonds is 6. The lowest BCUT2D eigenvalue weighted by Crippen LogP contribution is -2.12. The minimum Gasteiger partial charge on any atom is -0.493 e. The number of ketones is 1. The van der Waals surface area contributed by atoms with Crippen molar-refractivity contribution in [1.82, 2.24) is 0 Å². The minimum absolute atomic E-state index is 0.450. The van der Waals surface area contributed by atoms with E-state index in [1.807, 2.05) is 0 Å². The first kappa shape index (κ1) is 15.6. The van der Waals surface area contributed by atoms with Gasteiger partial charge < -0.3 is 18.9 Å². The molecule has 1 aromatic carbocycles. The molecule has 6 nitrogen and oxygen atoms in total. The van der Waals surface area contributed by atoms with Crippen LogP contribution < -0.4 is 14.2 Å². The van der Waals surface area contributed by atoms with Gasteiger partial charge in [0.1, 0.15) is 0 Å². The van der Waals surface area contributed by atoms with Crippen LogP contribution in [0.3, 0.4) is 0 Å². The summed E-state index contributed by atoms with van der Waals surface area (Å²) in [6.45, 7) is 0. The predicted molar refractivity (Wildman–Crippen MR) is 72.2 cm³/mol. The molecule has 0 radical (unpaired) electrons. The van der Waals surface area contributed by atoms with Crippen LogP contribution in [0.25, 0.3) is 6.08 Å². The molecule has 6 heteroatoms. The Balaban J connectivity index is 3.11. The summed E-state index contributed by atoms with van der Waals surface area (Å²) >= 11 is 0. The number of carbonyl (C=O) groups excluding carboxylic acids is 2. The Morgan fingerprint density at radius 3 is 1.90 bits per heavy atom. The lowest BCUT2D eigenvalue weighted by molar-refractivity contribution is -0.149. The van der Waals surface area contributed by atoms with E-state index in [4.69, 9.17) is 14.2 Å². The Morgan fingerprint density at radius 2 is 1.50 bits per heavy atom. The Hall–Kier alpha value is -2.50. The van der Waals surface area contributed by atoms with Gasteiger partial charge in [0.2, 0.25) is 5.75 Å². The SMILES string of the molecule is COC(=O)C(=O)C=Cc1cc(OC)c(OC)c(OC)c1. The van der Waals surface area contributed by atoms with Crippen LogP contribution >= 0.6 is 0 Å². The Bertz CT molecular complexity index is 507. The summed E-state index contributed by atoms with van der Waals surface area (Å²) in [6, 6.07) is 3.31. The summed E-state index contributed by atoms with van der Waals surface area (Å²) in [4.78, 5) is 22.3. The zero-order chi connectivity index (χ0) is 15.1. The Morgan fingerprint density at radius 1 is 0.950 bits per heavy atom. The highest BCUT2D eigenvalue weighted by Gasteiger charge is 2.13. The van der Waals surface area contributed by atoms with E-state index in [1.54, 1.807) is 12.1 Å². The predicted octanol–water partition coefficient (Wildman–Crippen LogP) is 1.47. The molecule has 0 aliphatic heterocycles. The van der Waals surface area contributed by atoms with Crippen LogP contribution in [0.15, 0.2) is 18.2 Å². The van der Waals surface area contributed by atoms with E-state index in [2.05, 4.69) is 4.74 Å². The average Bonchev–Trinajstić information content (AvgIpc) is 2.50. The average molecular weight is 280 g/mol. The van der Waals surface area contributed by atoms with Gasteiger partial charge in [-0.2, -0.15) is 0 Å². The van der Waals surface area contributed by atoms with Gasteiger partial charge in [-0.3, -0.25) is 4.79 Å². The Labute approximate surface area is 116 Å². The fourth-order valence-electron chi connectivity index (χ4n) is 1.54. The van der Waals surface area contributed by atoms with E-state index in [0.29, 0.717) is 22.8 Å². The second kappa shape index (κ2) is 7.18. The molecule has 0 fully saturated rings. The molecule has 0 heterocycles. The van der Waals surface area contributed by atoms with Crippen LogP contribution in [0, 0.1) is 0 Å². The summed E-state index contributed by atoms with van der Waals surface area (Å²) in [5.74, 6) is -0.310. The molecule has 20 heavy (non-hydrogen) atoms. The molecule has 0 aliphatic rings. The van der Waals surface area contributed by atoms with E-state index in [1.165, 1.54) is 27.4 Å². The minimum atomic E-state index is -0.923. The van der Waals surface area contributed by atoms with Crippen molar-refractivity contribution in [2.24, 2.45) is 0 Å². The van der Waals surface area contributed by atoms with E-state index in [0.717, 1.165) is 13.2 Å². The molecule has 108 valence electrons. The number of carbonyl (C=O) groups is 2. The maximum atomic E-state index is 11.3. The first-order valence-electron chi connectivity index (χ1n) is 5.67. The van der Waals surface area contributed by atoms with Crippen LogP contribution in [0.1, 0.15) is 5.56 Å². The van der Waals surface area contributed by atoms with Crippen LogP contribution in [-0.2, 0) is 14.3 Å². The summed E-state index contributed by atoms with van der Waals surface area (Å²) in [5, 5.41) is 0. The molecule has 0 saturated carbocycles. The first-order chi connectivity index (χ1) is 9.57. The highest BCUT2D eigenvalue weighted by Crippen LogP contribution is 2.38. The van der Waals surface area contributed by atoms with Crippen molar-refractivity contribution >= 4 is 17.8 Å². The van der Waals surface area contributed by atoms with Gasteiger partial charge in [0.05, 0.1) is 28.4 Å². The van der Waals surface area contributed by atoms with Crippen molar-refractivity contribution in [2.75, 3.05) is 28.4 Å². The lowest BCUT2D eigenvalue weighted by Gasteiger charge is -2.12. The quantitative estimate of drug-likeness (QED) is 0.446. The number of esters is 1.